The van der Waals surface area contributed by atoms with Crippen LogP contribution in [-0.2, 0) is 26.4 Å². The highest BCUT2D eigenvalue weighted by molar-refractivity contribution is 14.0. The van der Waals surface area contributed by atoms with Crippen molar-refractivity contribution in [3.8, 4) is 0 Å². The van der Waals surface area contributed by atoms with E-state index in [-0.39, 0.29) is 24.0 Å². The molecule has 1 aromatic heterocycles. The van der Waals surface area contributed by atoms with Gasteiger partial charge in [0.15, 0.2) is 5.96 Å². The third kappa shape index (κ3) is 6.07. The van der Waals surface area contributed by atoms with E-state index in [9.17, 15) is 0 Å². The number of aromatic nitrogens is 2. The zero-order valence-corrected chi connectivity index (χ0v) is 20.4. The molecular formula is C20H39IN6. The van der Waals surface area contributed by atoms with E-state index in [4.69, 9.17) is 4.99 Å². The topological polar surface area (TPSA) is 48.7 Å². The molecule has 2 rings (SSSR count). The van der Waals surface area contributed by atoms with E-state index in [1.807, 2.05) is 11.7 Å². The zero-order valence-electron chi connectivity index (χ0n) is 18.1. The van der Waals surface area contributed by atoms with Crippen molar-refractivity contribution in [2.24, 2.45) is 12.0 Å². The van der Waals surface area contributed by atoms with E-state index in [1.165, 1.54) is 36.3 Å². The zero-order chi connectivity index (χ0) is 19.1. The van der Waals surface area contributed by atoms with E-state index in [1.54, 1.807) is 0 Å². The SMILES string of the molecule is CCNC(=NCc1c(CC)nn(C)c1CC)N(C)CC1CCCN1CC.I. The van der Waals surface area contributed by atoms with Gasteiger partial charge in [0, 0.05) is 44.5 Å². The lowest BCUT2D eigenvalue weighted by Gasteiger charge is -2.29. The fraction of sp³-hybridized carbons (Fsp3) is 0.800. The molecule has 0 spiro atoms. The lowest BCUT2D eigenvalue weighted by molar-refractivity contribution is 0.232. The van der Waals surface area contributed by atoms with Gasteiger partial charge in [0.2, 0.25) is 0 Å². The van der Waals surface area contributed by atoms with E-state index in [0.29, 0.717) is 12.6 Å². The Morgan fingerprint density at radius 1 is 1.26 bits per heavy atom. The summed E-state index contributed by atoms with van der Waals surface area (Å²) in [5, 5.41) is 8.15. The molecule has 27 heavy (non-hydrogen) atoms. The van der Waals surface area contributed by atoms with Crippen LogP contribution < -0.4 is 5.32 Å². The molecule has 0 radical (unpaired) electrons. The van der Waals surface area contributed by atoms with Crippen LogP contribution in [0.2, 0.25) is 0 Å². The Morgan fingerprint density at radius 3 is 2.59 bits per heavy atom. The van der Waals surface area contributed by atoms with Crippen LogP contribution in [0.3, 0.4) is 0 Å². The number of aliphatic imine (C=N–C) groups is 1. The number of hydrogen-bond donors (Lipinski definition) is 1. The molecule has 0 amide bonds. The maximum atomic E-state index is 4.97. The molecule has 1 aliphatic heterocycles. The lowest BCUT2D eigenvalue weighted by atomic mass is 10.1. The number of nitrogens with one attached hydrogen (secondary N) is 1. The van der Waals surface area contributed by atoms with Crippen molar-refractivity contribution in [3.63, 3.8) is 0 Å². The second kappa shape index (κ2) is 11.9. The summed E-state index contributed by atoms with van der Waals surface area (Å²) in [6.07, 6.45) is 4.56. The van der Waals surface area contributed by atoms with Crippen molar-refractivity contribution >= 4 is 29.9 Å². The Balaban J connectivity index is 0.00000364. The normalized spacial score (nSPS) is 17.9. The number of guanidine groups is 1. The van der Waals surface area contributed by atoms with Gasteiger partial charge in [-0.3, -0.25) is 9.58 Å². The van der Waals surface area contributed by atoms with Crippen molar-refractivity contribution in [2.75, 3.05) is 33.2 Å². The average Bonchev–Trinajstić information content (AvgIpc) is 3.21. The van der Waals surface area contributed by atoms with Crippen LogP contribution in [-0.4, -0.2) is 64.8 Å². The van der Waals surface area contributed by atoms with Gasteiger partial charge in [-0.1, -0.05) is 20.8 Å². The number of hydrogen-bond acceptors (Lipinski definition) is 3. The molecular weight excluding hydrogens is 451 g/mol. The summed E-state index contributed by atoms with van der Waals surface area (Å²) in [4.78, 5) is 9.86. The van der Waals surface area contributed by atoms with Crippen LogP contribution in [0.25, 0.3) is 0 Å². The Bertz CT molecular complexity index is 598. The monoisotopic (exact) mass is 490 g/mol. The average molecular weight is 490 g/mol. The van der Waals surface area contributed by atoms with E-state index in [2.05, 4.69) is 55.0 Å². The van der Waals surface area contributed by atoms with Crippen LogP contribution >= 0.6 is 24.0 Å². The maximum absolute atomic E-state index is 4.97. The van der Waals surface area contributed by atoms with Gasteiger partial charge in [0.05, 0.1) is 12.2 Å². The van der Waals surface area contributed by atoms with Gasteiger partial charge in [-0.05, 0) is 45.7 Å². The van der Waals surface area contributed by atoms with Crippen molar-refractivity contribution in [1.29, 1.82) is 0 Å². The second-order valence-corrected chi connectivity index (χ2v) is 7.18. The third-order valence-electron chi connectivity index (χ3n) is 5.50. The summed E-state index contributed by atoms with van der Waals surface area (Å²) in [7, 11) is 4.21. The van der Waals surface area contributed by atoms with E-state index in [0.717, 1.165) is 38.4 Å². The molecule has 7 heteroatoms. The fourth-order valence-corrected chi connectivity index (χ4v) is 4.12. The van der Waals surface area contributed by atoms with Crippen molar-refractivity contribution in [3.05, 3.63) is 17.0 Å². The Morgan fingerprint density at radius 2 is 2.00 bits per heavy atom. The van der Waals surface area contributed by atoms with Crippen LogP contribution in [0, 0.1) is 0 Å². The number of halogens is 1. The van der Waals surface area contributed by atoms with Crippen LogP contribution in [0.4, 0.5) is 0 Å². The number of likely N-dealkylation sites (tertiary alicyclic amines) is 1. The summed E-state index contributed by atoms with van der Waals surface area (Å²) < 4.78 is 2.03. The summed E-state index contributed by atoms with van der Waals surface area (Å²) in [5.41, 5.74) is 3.79. The molecule has 6 nitrogen and oxygen atoms in total. The minimum absolute atomic E-state index is 0. The first-order valence-corrected chi connectivity index (χ1v) is 10.3. The molecule has 1 fully saturated rings. The van der Waals surface area contributed by atoms with Crippen LogP contribution in [0.15, 0.2) is 4.99 Å². The molecule has 0 aliphatic carbocycles. The number of nitrogens with zero attached hydrogens (tertiary/aromatic N) is 5. The molecule has 1 aromatic rings. The molecule has 0 saturated carbocycles. The number of likely N-dealkylation sites (N-methyl/N-ethyl adjacent to an activating group) is 2. The van der Waals surface area contributed by atoms with E-state index < -0.39 is 0 Å². The highest BCUT2D eigenvalue weighted by Gasteiger charge is 2.25. The highest BCUT2D eigenvalue weighted by Crippen LogP contribution is 2.18. The summed E-state index contributed by atoms with van der Waals surface area (Å²) in [6.45, 7) is 13.8. The van der Waals surface area contributed by atoms with Crippen molar-refractivity contribution in [2.45, 2.75) is 66.0 Å². The minimum Gasteiger partial charge on any atom is -0.357 e. The standard InChI is InChI=1S/C20H38N6.HI/c1-7-18-17(19(8-2)25(6)23-18)14-22-20(21-9-3)24(5)15-16-12-11-13-26(16)10-4;/h16H,7-15H2,1-6H3,(H,21,22);1H. The molecule has 1 N–H and O–H groups in total. The predicted molar refractivity (Wildman–Crippen MR) is 125 cm³/mol. The molecule has 0 bridgehead atoms. The van der Waals surface area contributed by atoms with E-state index >= 15 is 0 Å². The molecule has 1 saturated heterocycles. The smallest absolute Gasteiger partial charge is 0.194 e. The van der Waals surface area contributed by atoms with Gasteiger partial charge in [-0.25, -0.2) is 4.99 Å². The molecule has 1 atom stereocenters. The predicted octanol–water partition coefficient (Wildman–Crippen LogP) is 3.04. The van der Waals surface area contributed by atoms with Crippen molar-refractivity contribution in [1.82, 2.24) is 24.9 Å². The van der Waals surface area contributed by atoms with Gasteiger partial charge in [0.25, 0.3) is 0 Å². The summed E-state index contributed by atoms with van der Waals surface area (Å²) >= 11 is 0. The van der Waals surface area contributed by atoms with Gasteiger partial charge in [-0.15, -0.1) is 24.0 Å². The Hall–Kier alpha value is -0.830. The maximum Gasteiger partial charge on any atom is 0.194 e. The first-order chi connectivity index (χ1) is 12.5. The molecule has 1 aliphatic rings. The van der Waals surface area contributed by atoms with Gasteiger partial charge >= 0.3 is 0 Å². The Labute approximate surface area is 182 Å². The third-order valence-corrected chi connectivity index (χ3v) is 5.50. The largest absolute Gasteiger partial charge is 0.357 e. The Kier molecular flexibility index (Phi) is 10.7. The van der Waals surface area contributed by atoms with Gasteiger partial charge in [-0.2, -0.15) is 5.10 Å². The minimum atomic E-state index is 0. The molecule has 1 unspecified atom stereocenters. The number of aryl methyl sites for hydroxylation is 2. The highest BCUT2D eigenvalue weighted by atomic mass is 127. The second-order valence-electron chi connectivity index (χ2n) is 7.18. The molecule has 2 heterocycles. The van der Waals surface area contributed by atoms with Crippen molar-refractivity contribution < 1.29 is 0 Å². The van der Waals surface area contributed by atoms with Gasteiger partial charge in [0.1, 0.15) is 0 Å². The molecule has 0 aromatic carbocycles. The first-order valence-electron chi connectivity index (χ1n) is 10.3. The quantitative estimate of drug-likeness (QED) is 0.346. The number of rotatable bonds is 8. The first kappa shape index (κ1) is 24.2. The fourth-order valence-electron chi connectivity index (χ4n) is 4.12. The lowest BCUT2D eigenvalue weighted by Crippen LogP contribution is -2.45. The summed E-state index contributed by atoms with van der Waals surface area (Å²) in [6, 6.07) is 0.643. The van der Waals surface area contributed by atoms with Crippen LogP contribution in [0.5, 0.6) is 0 Å². The summed E-state index contributed by atoms with van der Waals surface area (Å²) in [5.74, 6) is 1.00. The van der Waals surface area contributed by atoms with Crippen LogP contribution in [0.1, 0.15) is 57.5 Å². The van der Waals surface area contributed by atoms with Gasteiger partial charge < -0.3 is 10.2 Å². The molecule has 156 valence electrons.